The molecule has 0 aliphatic carbocycles. The van der Waals surface area contributed by atoms with Crippen LogP contribution in [0.2, 0.25) is 10.0 Å². The fourth-order valence-electron chi connectivity index (χ4n) is 3.66. The fraction of sp³-hybridized carbons (Fsp3) is 0.417. The van der Waals surface area contributed by atoms with Gasteiger partial charge in [-0.25, -0.2) is 4.79 Å². The predicted molar refractivity (Wildman–Crippen MR) is 135 cm³/mol. The lowest BCUT2D eigenvalue weighted by Gasteiger charge is -2.30. The second-order valence-corrected chi connectivity index (χ2v) is 9.38. The smallest absolute Gasteiger partial charge is 0.323 e. The van der Waals surface area contributed by atoms with Crippen molar-refractivity contribution in [3.05, 3.63) is 52.0 Å². The number of methoxy groups -OCH3 is 1. The molecule has 3 N–H and O–H groups in total. The van der Waals surface area contributed by atoms with Crippen LogP contribution < -0.4 is 20.7 Å². The van der Waals surface area contributed by atoms with Gasteiger partial charge in [0.05, 0.1) is 11.7 Å². The molecule has 0 saturated carbocycles. The number of urea groups is 1. The van der Waals surface area contributed by atoms with E-state index >= 15 is 0 Å². The van der Waals surface area contributed by atoms with Gasteiger partial charge in [-0.3, -0.25) is 4.79 Å². The van der Waals surface area contributed by atoms with E-state index in [0.29, 0.717) is 45.9 Å². The number of anilines is 2. The van der Waals surface area contributed by atoms with Crippen LogP contribution in [0.4, 0.5) is 16.2 Å². The van der Waals surface area contributed by atoms with Gasteiger partial charge in [-0.2, -0.15) is 0 Å². The minimum atomic E-state index is -0.501. The Hall–Kier alpha value is -2.52. The van der Waals surface area contributed by atoms with Gasteiger partial charge in [0.25, 0.3) is 5.91 Å². The summed E-state index contributed by atoms with van der Waals surface area (Å²) in [6.45, 7) is 5.65. The average molecular weight is 509 g/mol. The van der Waals surface area contributed by atoms with Gasteiger partial charge >= 0.3 is 6.03 Å². The van der Waals surface area contributed by atoms with E-state index in [9.17, 15) is 9.59 Å². The fourth-order valence-corrected chi connectivity index (χ4v) is 4.18. The van der Waals surface area contributed by atoms with E-state index in [1.54, 1.807) is 55.5 Å². The van der Waals surface area contributed by atoms with E-state index in [1.165, 1.54) is 0 Å². The quantitative estimate of drug-likeness (QED) is 0.557. The van der Waals surface area contributed by atoms with Gasteiger partial charge in [0.15, 0.2) is 0 Å². The highest BCUT2D eigenvalue weighted by atomic mass is 35.5. The molecule has 0 fully saturated rings. The number of rotatable bonds is 3. The first kappa shape index (κ1) is 26.1. The number of carbonyl (C=O) groups excluding carboxylic acids is 2. The first-order valence-electron chi connectivity index (χ1n) is 11.0. The molecule has 34 heavy (non-hydrogen) atoms. The number of amides is 3. The highest BCUT2D eigenvalue weighted by molar-refractivity contribution is 6.35. The molecule has 0 radical (unpaired) electrons. The summed E-state index contributed by atoms with van der Waals surface area (Å²) in [6.07, 6.45) is -0.131. The van der Waals surface area contributed by atoms with Crippen LogP contribution in [0.5, 0.6) is 5.75 Å². The molecule has 1 aliphatic heterocycles. The van der Waals surface area contributed by atoms with Crippen molar-refractivity contribution in [3.8, 4) is 5.75 Å². The van der Waals surface area contributed by atoms with Crippen LogP contribution in [0.1, 0.15) is 24.2 Å². The lowest BCUT2D eigenvalue weighted by molar-refractivity contribution is 0.0281. The van der Waals surface area contributed by atoms with Crippen molar-refractivity contribution in [1.82, 2.24) is 10.2 Å². The van der Waals surface area contributed by atoms with Crippen LogP contribution in [-0.4, -0.2) is 62.8 Å². The molecular formula is C24H30Cl2N4O4. The number of hydrogen-bond donors (Lipinski definition) is 3. The summed E-state index contributed by atoms with van der Waals surface area (Å²) in [4.78, 5) is 27.5. The normalized spacial score (nSPS) is 21.5. The molecule has 8 nitrogen and oxygen atoms in total. The first-order chi connectivity index (χ1) is 16.2. The number of ether oxygens (including phenoxy) is 2. The predicted octanol–water partition coefficient (Wildman–Crippen LogP) is 4.73. The molecule has 3 atom stereocenters. The van der Waals surface area contributed by atoms with Crippen LogP contribution in [0.3, 0.4) is 0 Å². The molecule has 0 bridgehead atoms. The van der Waals surface area contributed by atoms with Crippen LogP contribution in [0, 0.1) is 5.92 Å². The number of nitrogens with one attached hydrogen (secondary N) is 3. The van der Waals surface area contributed by atoms with Gasteiger partial charge in [0.2, 0.25) is 0 Å². The van der Waals surface area contributed by atoms with Crippen molar-refractivity contribution < 1.29 is 19.1 Å². The number of hydrogen-bond acceptors (Lipinski definition) is 5. The van der Waals surface area contributed by atoms with E-state index in [2.05, 4.69) is 22.9 Å². The van der Waals surface area contributed by atoms with Gasteiger partial charge in [-0.1, -0.05) is 30.1 Å². The van der Waals surface area contributed by atoms with Gasteiger partial charge in [0.1, 0.15) is 12.4 Å². The molecule has 2 aromatic rings. The van der Waals surface area contributed by atoms with Crippen LogP contribution >= 0.6 is 23.2 Å². The number of halogens is 2. The Morgan fingerprint density at radius 3 is 2.47 bits per heavy atom. The minimum absolute atomic E-state index is 0.0770. The Balaban J connectivity index is 1.83. The number of carbonyl (C=O) groups is 2. The van der Waals surface area contributed by atoms with Crippen molar-refractivity contribution in [2.24, 2.45) is 5.92 Å². The second kappa shape index (κ2) is 11.8. The summed E-state index contributed by atoms with van der Waals surface area (Å²) in [5.74, 6) is 0.412. The van der Waals surface area contributed by atoms with Gasteiger partial charge in [-0.15, -0.1) is 0 Å². The Bertz CT molecular complexity index is 1020. The number of fused-ring (bicyclic) bond motifs is 1. The summed E-state index contributed by atoms with van der Waals surface area (Å²) in [6, 6.07) is 9.29. The largest absolute Gasteiger partial charge is 0.491 e. The van der Waals surface area contributed by atoms with Crippen LogP contribution in [-0.2, 0) is 4.74 Å². The topological polar surface area (TPSA) is 91.9 Å². The summed E-state index contributed by atoms with van der Waals surface area (Å²) in [5, 5.41) is 9.67. The minimum Gasteiger partial charge on any atom is -0.491 e. The first-order valence-corrected chi connectivity index (χ1v) is 11.7. The molecule has 0 unspecified atom stereocenters. The zero-order chi connectivity index (χ0) is 24.8. The van der Waals surface area contributed by atoms with Gasteiger partial charge in [-0.05, 0) is 49.2 Å². The zero-order valence-electron chi connectivity index (χ0n) is 19.7. The van der Waals surface area contributed by atoms with Crippen molar-refractivity contribution in [3.63, 3.8) is 0 Å². The summed E-state index contributed by atoms with van der Waals surface area (Å²) in [7, 11) is 3.38. The van der Waals surface area contributed by atoms with Crippen LogP contribution in [0.15, 0.2) is 36.4 Å². The maximum absolute atomic E-state index is 13.3. The van der Waals surface area contributed by atoms with E-state index < -0.39 is 6.03 Å². The van der Waals surface area contributed by atoms with Crippen molar-refractivity contribution in [2.45, 2.75) is 26.0 Å². The highest BCUT2D eigenvalue weighted by Crippen LogP contribution is 2.26. The molecule has 1 heterocycles. The Labute approximate surface area is 209 Å². The number of likely N-dealkylation sites (N-methyl/N-ethyl adjacent to an activating group) is 1. The molecule has 3 amide bonds. The Morgan fingerprint density at radius 2 is 1.79 bits per heavy atom. The van der Waals surface area contributed by atoms with E-state index in [-0.39, 0.29) is 24.0 Å². The average Bonchev–Trinajstić information content (AvgIpc) is 2.77. The molecule has 184 valence electrons. The lowest BCUT2D eigenvalue weighted by atomic mass is 10.0. The summed E-state index contributed by atoms with van der Waals surface area (Å²) in [5.41, 5.74) is 1.23. The van der Waals surface area contributed by atoms with E-state index in [1.807, 2.05) is 6.92 Å². The molecule has 10 heteroatoms. The van der Waals surface area contributed by atoms with Crippen molar-refractivity contribution in [1.29, 1.82) is 0 Å². The molecule has 1 aliphatic rings. The Kier molecular flexibility index (Phi) is 9.02. The second-order valence-electron chi connectivity index (χ2n) is 8.51. The Morgan fingerprint density at radius 1 is 1.12 bits per heavy atom. The summed E-state index contributed by atoms with van der Waals surface area (Å²) >= 11 is 12.0. The number of benzene rings is 2. The third-order valence-corrected chi connectivity index (χ3v) is 6.04. The molecular weight excluding hydrogens is 479 g/mol. The van der Waals surface area contributed by atoms with Crippen LogP contribution in [0.25, 0.3) is 0 Å². The zero-order valence-corrected chi connectivity index (χ0v) is 21.2. The molecule has 0 spiro atoms. The lowest BCUT2D eigenvalue weighted by Crippen LogP contribution is -2.44. The SMILES string of the molecule is CO[C@H]1CN(C)C(=O)c2cc(NC(=O)Nc3cc(Cl)cc(Cl)c3)ccc2OC[C@@H](C)NC[C@@H]1C. The monoisotopic (exact) mass is 508 g/mol. The third kappa shape index (κ3) is 6.99. The van der Waals surface area contributed by atoms with E-state index in [0.717, 1.165) is 6.54 Å². The van der Waals surface area contributed by atoms with E-state index in [4.69, 9.17) is 32.7 Å². The highest BCUT2D eigenvalue weighted by Gasteiger charge is 2.25. The molecule has 0 aromatic heterocycles. The van der Waals surface area contributed by atoms with Gasteiger partial charge < -0.3 is 30.3 Å². The third-order valence-electron chi connectivity index (χ3n) is 5.60. The molecule has 3 rings (SSSR count). The van der Waals surface area contributed by atoms with Crippen molar-refractivity contribution in [2.75, 3.05) is 44.5 Å². The molecule has 2 aromatic carbocycles. The van der Waals surface area contributed by atoms with Gasteiger partial charge in [0, 0.05) is 54.7 Å². The van der Waals surface area contributed by atoms with Crippen molar-refractivity contribution >= 4 is 46.5 Å². The maximum Gasteiger partial charge on any atom is 0.323 e. The standard InChI is InChI=1S/C24H30Cl2N4O4/c1-14-11-27-15(2)13-34-21-6-5-18(10-20(21)23(31)30(3)12-22(14)33-4)28-24(32)29-19-8-16(25)7-17(26)9-19/h5-10,14-15,22,27H,11-13H2,1-4H3,(H2,28,29,32)/t14-,15+,22-/m0/s1. The molecule has 0 saturated heterocycles. The number of nitrogens with zero attached hydrogens (tertiary/aromatic N) is 1. The summed E-state index contributed by atoms with van der Waals surface area (Å²) < 4.78 is 11.6. The maximum atomic E-state index is 13.3.